The van der Waals surface area contributed by atoms with Crippen molar-refractivity contribution in [2.24, 2.45) is 0 Å². The highest BCUT2D eigenvalue weighted by atomic mass is 16.5. The highest BCUT2D eigenvalue weighted by Gasteiger charge is 2.13. The summed E-state index contributed by atoms with van der Waals surface area (Å²) in [5, 5.41) is 0.511. The van der Waals surface area contributed by atoms with E-state index in [-0.39, 0.29) is 23.6 Å². The van der Waals surface area contributed by atoms with Gasteiger partial charge >= 0.3 is 5.97 Å². The molecule has 0 atom stereocenters. The Hall–Kier alpha value is -2.37. The summed E-state index contributed by atoms with van der Waals surface area (Å²) in [5.41, 5.74) is 5.56. The van der Waals surface area contributed by atoms with Gasteiger partial charge in [-0.05, 0) is 19.1 Å². The zero-order valence-electron chi connectivity index (χ0n) is 9.19. The summed E-state index contributed by atoms with van der Waals surface area (Å²) in [4.78, 5) is 29.5. The summed E-state index contributed by atoms with van der Waals surface area (Å²) in [6, 6.07) is 4.38. The zero-order chi connectivity index (χ0) is 12.4. The molecule has 6 nitrogen and oxygen atoms in total. The second-order valence-electron chi connectivity index (χ2n) is 3.40. The molecule has 2 rings (SSSR count). The fraction of sp³-hybridized carbons (Fsp3) is 0.182. The number of carbonyl (C=O) groups excluding carboxylic acids is 1. The van der Waals surface area contributed by atoms with Gasteiger partial charge in [-0.1, -0.05) is 0 Å². The van der Waals surface area contributed by atoms with Gasteiger partial charge in [0.05, 0.1) is 12.2 Å². The molecule has 6 heteroatoms. The van der Waals surface area contributed by atoms with Crippen LogP contribution in [0.2, 0.25) is 0 Å². The summed E-state index contributed by atoms with van der Waals surface area (Å²) < 4.78 is 4.87. The Bertz CT molecular complexity index is 633. The van der Waals surface area contributed by atoms with Crippen LogP contribution in [-0.2, 0) is 4.74 Å². The third-order valence-electron chi connectivity index (χ3n) is 2.22. The van der Waals surface area contributed by atoms with Crippen LogP contribution in [-0.4, -0.2) is 22.5 Å². The van der Waals surface area contributed by atoms with Gasteiger partial charge in [0, 0.05) is 11.5 Å². The van der Waals surface area contributed by atoms with E-state index in [9.17, 15) is 9.59 Å². The minimum atomic E-state index is -0.546. The van der Waals surface area contributed by atoms with E-state index in [0.717, 1.165) is 0 Å². The van der Waals surface area contributed by atoms with Crippen LogP contribution in [0, 0.1) is 0 Å². The number of nitrogens with one attached hydrogen (secondary N) is 1. The molecule has 2 heterocycles. The van der Waals surface area contributed by atoms with Crippen LogP contribution in [0.3, 0.4) is 0 Å². The van der Waals surface area contributed by atoms with E-state index >= 15 is 0 Å². The largest absolute Gasteiger partial charge is 0.462 e. The number of aromatic amines is 1. The Morgan fingerprint density at radius 2 is 2.29 bits per heavy atom. The van der Waals surface area contributed by atoms with E-state index in [1.807, 2.05) is 0 Å². The number of hydrogen-bond donors (Lipinski definition) is 2. The Morgan fingerprint density at radius 3 is 3.00 bits per heavy atom. The Morgan fingerprint density at radius 1 is 1.53 bits per heavy atom. The number of H-pyrrole nitrogens is 1. The predicted molar refractivity (Wildman–Crippen MR) is 62.7 cm³/mol. The van der Waals surface area contributed by atoms with Crippen LogP contribution in [0.4, 0.5) is 5.82 Å². The molecule has 0 unspecified atom stereocenters. The number of hydrogen-bond acceptors (Lipinski definition) is 5. The minimum absolute atomic E-state index is 0.193. The van der Waals surface area contributed by atoms with Gasteiger partial charge < -0.3 is 15.5 Å². The van der Waals surface area contributed by atoms with Crippen molar-refractivity contribution >= 4 is 22.8 Å². The van der Waals surface area contributed by atoms with E-state index in [0.29, 0.717) is 5.39 Å². The lowest BCUT2D eigenvalue weighted by Gasteiger charge is -2.05. The van der Waals surface area contributed by atoms with Crippen molar-refractivity contribution in [3.05, 3.63) is 34.1 Å². The molecule has 17 heavy (non-hydrogen) atoms. The lowest BCUT2D eigenvalue weighted by Crippen LogP contribution is -2.13. The number of pyridine rings is 2. The highest BCUT2D eigenvalue weighted by molar-refractivity contribution is 6.02. The third kappa shape index (κ3) is 2.10. The molecule has 0 aliphatic heterocycles. The Labute approximate surface area is 96.4 Å². The van der Waals surface area contributed by atoms with Gasteiger partial charge in [0.1, 0.15) is 11.5 Å². The number of nitrogens with two attached hydrogens (primary N) is 1. The maximum atomic E-state index is 11.7. The number of rotatable bonds is 2. The van der Waals surface area contributed by atoms with Crippen molar-refractivity contribution in [2.75, 3.05) is 12.3 Å². The normalized spacial score (nSPS) is 10.4. The fourth-order valence-corrected chi connectivity index (χ4v) is 1.53. The maximum Gasteiger partial charge on any atom is 0.339 e. The average Bonchev–Trinajstić information content (AvgIpc) is 2.27. The Balaban J connectivity index is 2.70. The van der Waals surface area contributed by atoms with Crippen LogP contribution in [0.1, 0.15) is 17.3 Å². The first kappa shape index (κ1) is 11.1. The van der Waals surface area contributed by atoms with E-state index < -0.39 is 11.5 Å². The number of anilines is 1. The van der Waals surface area contributed by atoms with Crippen LogP contribution >= 0.6 is 0 Å². The highest BCUT2D eigenvalue weighted by Crippen LogP contribution is 2.15. The molecule has 3 N–H and O–H groups in total. The van der Waals surface area contributed by atoms with E-state index in [1.165, 1.54) is 6.07 Å². The second-order valence-corrected chi connectivity index (χ2v) is 3.40. The molecule has 0 aromatic carbocycles. The molecular weight excluding hydrogens is 222 g/mol. The summed E-state index contributed by atoms with van der Waals surface area (Å²) in [7, 11) is 0. The number of fused-ring (bicyclic) bond motifs is 1. The van der Waals surface area contributed by atoms with Crippen LogP contribution in [0.25, 0.3) is 11.0 Å². The number of aromatic nitrogens is 2. The van der Waals surface area contributed by atoms with Crippen molar-refractivity contribution in [3.63, 3.8) is 0 Å². The quantitative estimate of drug-likeness (QED) is 0.743. The molecule has 2 aromatic heterocycles. The molecule has 0 amide bonds. The van der Waals surface area contributed by atoms with Gasteiger partial charge in [-0.25, -0.2) is 9.78 Å². The molecule has 0 fully saturated rings. The van der Waals surface area contributed by atoms with Gasteiger partial charge in [-0.2, -0.15) is 0 Å². The first-order chi connectivity index (χ1) is 8.11. The van der Waals surface area contributed by atoms with Crippen molar-refractivity contribution in [1.82, 2.24) is 9.97 Å². The van der Waals surface area contributed by atoms with E-state index in [4.69, 9.17) is 10.5 Å². The summed E-state index contributed by atoms with van der Waals surface area (Å²) in [5.74, 6) is -0.274. The Kier molecular flexibility index (Phi) is 2.78. The standard InChI is InChI=1S/C11H11N3O3/c1-2-17-11(16)7-5-9(15)14-10-6(7)3-4-8(12)13-10/h3-5H,2H2,1H3,(H3,12,13,14,15). The molecule has 0 spiro atoms. The van der Waals surface area contributed by atoms with Crippen molar-refractivity contribution < 1.29 is 9.53 Å². The average molecular weight is 233 g/mol. The van der Waals surface area contributed by atoms with Crippen molar-refractivity contribution in [2.45, 2.75) is 6.92 Å². The summed E-state index contributed by atoms with van der Waals surface area (Å²) >= 11 is 0. The molecule has 0 saturated carbocycles. The van der Waals surface area contributed by atoms with Crippen LogP contribution < -0.4 is 11.3 Å². The first-order valence-electron chi connectivity index (χ1n) is 5.08. The monoisotopic (exact) mass is 233 g/mol. The smallest absolute Gasteiger partial charge is 0.339 e. The van der Waals surface area contributed by atoms with Crippen LogP contribution in [0.15, 0.2) is 23.0 Å². The molecule has 0 aliphatic carbocycles. The number of nitrogen functional groups attached to an aromatic ring is 1. The topological polar surface area (TPSA) is 98.1 Å². The summed E-state index contributed by atoms with van der Waals surface area (Å²) in [6.07, 6.45) is 0. The van der Waals surface area contributed by atoms with Gasteiger partial charge in [0.15, 0.2) is 0 Å². The van der Waals surface area contributed by atoms with E-state index in [1.54, 1.807) is 19.1 Å². The lowest BCUT2D eigenvalue weighted by molar-refractivity contribution is 0.0528. The number of carbonyl (C=O) groups is 1. The second kappa shape index (κ2) is 4.25. The first-order valence-corrected chi connectivity index (χ1v) is 5.08. The molecule has 0 aliphatic rings. The maximum absolute atomic E-state index is 11.7. The minimum Gasteiger partial charge on any atom is -0.462 e. The van der Waals surface area contributed by atoms with Crippen LogP contribution in [0.5, 0.6) is 0 Å². The zero-order valence-corrected chi connectivity index (χ0v) is 9.19. The molecule has 88 valence electrons. The van der Waals surface area contributed by atoms with Crippen molar-refractivity contribution in [1.29, 1.82) is 0 Å². The molecule has 0 bridgehead atoms. The number of nitrogens with zero attached hydrogens (tertiary/aromatic N) is 1. The SMILES string of the molecule is CCOC(=O)c1cc(=O)[nH]c2nc(N)ccc12. The third-order valence-corrected chi connectivity index (χ3v) is 2.22. The van der Waals surface area contributed by atoms with Gasteiger partial charge in [-0.15, -0.1) is 0 Å². The van der Waals surface area contributed by atoms with Gasteiger partial charge in [-0.3, -0.25) is 4.79 Å². The molecule has 0 radical (unpaired) electrons. The predicted octanol–water partition coefficient (Wildman–Crippen LogP) is 0.682. The molecule has 0 saturated heterocycles. The van der Waals surface area contributed by atoms with Gasteiger partial charge in [0.2, 0.25) is 5.56 Å². The lowest BCUT2D eigenvalue weighted by atomic mass is 10.1. The van der Waals surface area contributed by atoms with E-state index in [2.05, 4.69) is 9.97 Å². The number of ether oxygens (including phenoxy) is 1. The number of esters is 1. The summed E-state index contributed by atoms with van der Waals surface area (Å²) in [6.45, 7) is 1.94. The fourth-order valence-electron chi connectivity index (χ4n) is 1.53. The van der Waals surface area contributed by atoms with Gasteiger partial charge in [0.25, 0.3) is 0 Å². The van der Waals surface area contributed by atoms with Crippen molar-refractivity contribution in [3.8, 4) is 0 Å². The molecule has 2 aromatic rings. The molecular formula is C11H11N3O3.